The van der Waals surface area contributed by atoms with E-state index >= 15 is 0 Å². The molecule has 0 spiro atoms. The maximum Gasteiger partial charge on any atom is 0.254 e. The number of hydrogen-bond donors (Lipinski definition) is 1. The zero-order chi connectivity index (χ0) is 25.7. The van der Waals surface area contributed by atoms with E-state index in [1.807, 2.05) is 36.1 Å². The van der Waals surface area contributed by atoms with Gasteiger partial charge < -0.3 is 19.7 Å². The lowest BCUT2D eigenvalue weighted by Crippen LogP contribution is -2.38. The third-order valence-corrected chi connectivity index (χ3v) is 6.77. The summed E-state index contributed by atoms with van der Waals surface area (Å²) in [6.45, 7) is 3.25. The van der Waals surface area contributed by atoms with E-state index in [0.717, 1.165) is 24.1 Å². The second-order valence-electron chi connectivity index (χ2n) is 8.87. The third-order valence-electron chi connectivity index (χ3n) is 6.56. The van der Waals surface area contributed by atoms with Crippen molar-refractivity contribution in [3.8, 4) is 11.5 Å². The number of methoxy groups -OCH3 is 2. The zero-order valence-corrected chi connectivity index (χ0v) is 21.5. The van der Waals surface area contributed by atoms with Crippen LogP contribution in [0.3, 0.4) is 0 Å². The molecule has 2 amide bonds. The summed E-state index contributed by atoms with van der Waals surface area (Å²) in [4.78, 5) is 31.5. The van der Waals surface area contributed by atoms with Crippen LogP contribution >= 0.6 is 11.6 Å². The summed E-state index contributed by atoms with van der Waals surface area (Å²) in [5.74, 6) is 1.48. The van der Waals surface area contributed by atoms with E-state index in [9.17, 15) is 9.59 Å². The summed E-state index contributed by atoms with van der Waals surface area (Å²) in [5.41, 5.74) is 4.01. The maximum absolute atomic E-state index is 13.2. The van der Waals surface area contributed by atoms with Crippen LogP contribution in [0, 0.1) is 6.92 Å². The van der Waals surface area contributed by atoms with Crippen LogP contribution in [0.15, 0.2) is 54.6 Å². The summed E-state index contributed by atoms with van der Waals surface area (Å²) >= 11 is 5.89. The van der Waals surface area contributed by atoms with Crippen LogP contribution in [0.1, 0.15) is 45.9 Å². The topological polar surface area (TPSA) is 80.8 Å². The Labute approximate surface area is 216 Å². The predicted octanol–water partition coefficient (Wildman–Crippen LogP) is 5.26. The van der Waals surface area contributed by atoms with Gasteiger partial charge in [0, 0.05) is 29.9 Å². The van der Waals surface area contributed by atoms with Crippen molar-refractivity contribution in [2.75, 3.05) is 32.6 Å². The number of benzene rings is 2. The molecule has 7 nitrogen and oxygen atoms in total. The molecule has 36 heavy (non-hydrogen) atoms. The van der Waals surface area contributed by atoms with Crippen LogP contribution in [0.4, 0.5) is 5.69 Å². The molecule has 1 N–H and O–H groups in total. The Hall–Kier alpha value is -3.58. The Morgan fingerprint density at radius 3 is 2.25 bits per heavy atom. The molecule has 0 aliphatic carbocycles. The molecule has 0 bridgehead atoms. The number of carbonyl (C=O) groups excluding carboxylic acids is 2. The van der Waals surface area contributed by atoms with Crippen LogP contribution in [0.5, 0.6) is 11.5 Å². The molecule has 1 aliphatic rings. The lowest BCUT2D eigenvalue weighted by molar-refractivity contribution is -0.115. The van der Waals surface area contributed by atoms with Gasteiger partial charge in [-0.15, -0.1) is 0 Å². The van der Waals surface area contributed by atoms with Crippen LogP contribution in [-0.4, -0.2) is 49.0 Å². The molecule has 0 saturated carbocycles. The van der Waals surface area contributed by atoms with Gasteiger partial charge in [-0.05, 0) is 67.6 Å². The van der Waals surface area contributed by atoms with Crippen molar-refractivity contribution in [1.29, 1.82) is 0 Å². The Kier molecular flexibility index (Phi) is 8.10. The molecule has 2 heterocycles. The number of anilines is 1. The number of amides is 2. The van der Waals surface area contributed by atoms with E-state index in [0.29, 0.717) is 46.9 Å². The molecule has 188 valence electrons. The fraction of sp³-hybridized carbons (Fsp3) is 0.321. The van der Waals surface area contributed by atoms with Crippen LogP contribution in [0.2, 0.25) is 5.15 Å². The quantitative estimate of drug-likeness (QED) is 0.441. The minimum Gasteiger partial charge on any atom is -0.496 e. The Bertz CT molecular complexity index is 1210. The number of hydrogen-bond acceptors (Lipinski definition) is 5. The molecule has 1 fully saturated rings. The van der Waals surface area contributed by atoms with Gasteiger partial charge in [0.25, 0.3) is 5.91 Å². The second-order valence-corrected chi connectivity index (χ2v) is 9.26. The molecular weight excluding hydrogens is 478 g/mol. The first-order chi connectivity index (χ1) is 17.4. The maximum atomic E-state index is 13.2. The summed E-state index contributed by atoms with van der Waals surface area (Å²) < 4.78 is 10.8. The number of nitrogens with one attached hydrogen (secondary N) is 1. The van der Waals surface area contributed by atoms with Gasteiger partial charge in [0.1, 0.15) is 16.7 Å². The van der Waals surface area contributed by atoms with Gasteiger partial charge in [0.15, 0.2) is 0 Å². The molecule has 0 atom stereocenters. The van der Waals surface area contributed by atoms with Gasteiger partial charge in [-0.3, -0.25) is 9.59 Å². The smallest absolute Gasteiger partial charge is 0.254 e. The predicted molar refractivity (Wildman–Crippen MR) is 140 cm³/mol. The number of likely N-dealkylation sites (tertiary alicyclic amines) is 1. The van der Waals surface area contributed by atoms with Gasteiger partial charge in [0.2, 0.25) is 5.91 Å². The molecule has 3 aromatic rings. The first kappa shape index (κ1) is 25.5. The number of carbonyl (C=O) groups is 2. The minimum absolute atomic E-state index is 0.0164. The van der Waals surface area contributed by atoms with E-state index in [2.05, 4.69) is 10.3 Å². The van der Waals surface area contributed by atoms with E-state index < -0.39 is 0 Å². The molecule has 1 saturated heterocycles. The van der Waals surface area contributed by atoms with Crippen molar-refractivity contribution in [2.45, 2.75) is 32.1 Å². The van der Waals surface area contributed by atoms with Gasteiger partial charge in [0.05, 0.1) is 26.3 Å². The van der Waals surface area contributed by atoms with E-state index in [-0.39, 0.29) is 18.2 Å². The van der Waals surface area contributed by atoms with Gasteiger partial charge in [-0.25, -0.2) is 4.98 Å². The average molecular weight is 508 g/mol. The van der Waals surface area contributed by atoms with Crippen molar-refractivity contribution < 1.29 is 19.1 Å². The van der Waals surface area contributed by atoms with Crippen molar-refractivity contribution in [3.05, 3.63) is 82.1 Å². The van der Waals surface area contributed by atoms with Crippen LogP contribution in [-0.2, 0) is 11.2 Å². The first-order valence-corrected chi connectivity index (χ1v) is 12.3. The monoisotopic (exact) mass is 507 g/mol. The molecular formula is C28H30ClN3O4. The molecule has 0 radical (unpaired) electrons. The summed E-state index contributed by atoms with van der Waals surface area (Å²) in [6.07, 6.45) is 1.91. The normalized spacial score (nSPS) is 13.8. The lowest BCUT2D eigenvalue weighted by Gasteiger charge is -2.32. The number of piperidine rings is 1. The number of halogens is 1. The Morgan fingerprint density at radius 1 is 1.03 bits per heavy atom. The molecule has 1 aromatic heterocycles. The fourth-order valence-electron chi connectivity index (χ4n) is 4.57. The Morgan fingerprint density at radius 2 is 1.67 bits per heavy atom. The molecule has 2 aromatic carbocycles. The average Bonchev–Trinajstić information content (AvgIpc) is 2.89. The van der Waals surface area contributed by atoms with Gasteiger partial charge in [-0.2, -0.15) is 0 Å². The number of ether oxygens (including phenoxy) is 2. The number of rotatable bonds is 7. The highest BCUT2D eigenvalue weighted by molar-refractivity contribution is 6.29. The molecule has 1 aliphatic heterocycles. The van der Waals surface area contributed by atoms with Gasteiger partial charge >= 0.3 is 0 Å². The highest BCUT2D eigenvalue weighted by Crippen LogP contribution is 2.32. The molecule has 8 heteroatoms. The standard InChI is InChI=1S/C28H30ClN3O4/c1-18-24(35-2)15-21(16-25(18)36-3)28(34)32-13-11-20(12-14-32)19-7-9-22(10-8-19)31-27(33)17-23-5-4-6-26(29)30-23/h4-10,15-16,20H,11-14,17H2,1-3H3,(H,31,33). The number of nitrogens with zero attached hydrogens (tertiary/aromatic N) is 2. The summed E-state index contributed by atoms with van der Waals surface area (Å²) in [6, 6.07) is 16.7. The fourth-order valence-corrected chi connectivity index (χ4v) is 4.75. The van der Waals surface area contributed by atoms with Crippen molar-refractivity contribution >= 4 is 29.1 Å². The van der Waals surface area contributed by atoms with Crippen LogP contribution < -0.4 is 14.8 Å². The van der Waals surface area contributed by atoms with Crippen molar-refractivity contribution in [3.63, 3.8) is 0 Å². The highest BCUT2D eigenvalue weighted by Gasteiger charge is 2.26. The third kappa shape index (κ3) is 5.97. The minimum atomic E-state index is -0.145. The Balaban J connectivity index is 1.33. The summed E-state index contributed by atoms with van der Waals surface area (Å²) in [5, 5.41) is 3.28. The number of pyridine rings is 1. The van der Waals surface area contributed by atoms with E-state index in [1.165, 1.54) is 5.56 Å². The first-order valence-electron chi connectivity index (χ1n) is 11.9. The van der Waals surface area contributed by atoms with Crippen LogP contribution in [0.25, 0.3) is 0 Å². The highest BCUT2D eigenvalue weighted by atomic mass is 35.5. The SMILES string of the molecule is COc1cc(C(=O)N2CCC(c3ccc(NC(=O)Cc4cccc(Cl)n4)cc3)CC2)cc(OC)c1C. The second kappa shape index (κ2) is 11.4. The molecule has 0 unspecified atom stereocenters. The van der Waals surface area contributed by atoms with Crippen molar-refractivity contribution in [1.82, 2.24) is 9.88 Å². The van der Waals surface area contributed by atoms with Crippen molar-refractivity contribution in [2.24, 2.45) is 0 Å². The van der Waals surface area contributed by atoms with E-state index in [4.69, 9.17) is 21.1 Å². The molecule has 4 rings (SSSR count). The lowest BCUT2D eigenvalue weighted by atomic mass is 9.89. The number of aromatic nitrogens is 1. The summed E-state index contributed by atoms with van der Waals surface area (Å²) in [7, 11) is 3.18. The zero-order valence-electron chi connectivity index (χ0n) is 20.7. The van der Waals surface area contributed by atoms with E-state index in [1.54, 1.807) is 44.6 Å². The largest absolute Gasteiger partial charge is 0.496 e. The van der Waals surface area contributed by atoms with Gasteiger partial charge in [-0.1, -0.05) is 29.8 Å².